The van der Waals surface area contributed by atoms with Gasteiger partial charge in [-0.2, -0.15) is 4.98 Å². The van der Waals surface area contributed by atoms with E-state index in [0.29, 0.717) is 11.7 Å². The largest absolute Gasteiger partial charge is 0.385 e. The maximum atomic E-state index is 5.42. The SMILES string of the molecule is Brc1csc(-c2noc(-c3ccc4c(c3)CCCN4)n2)c1. The molecule has 106 valence electrons. The fraction of sp³-hybridized carbons (Fsp3) is 0.200. The molecule has 3 heterocycles. The van der Waals surface area contributed by atoms with Crippen LogP contribution in [0.3, 0.4) is 0 Å². The lowest BCUT2D eigenvalue weighted by molar-refractivity contribution is 0.432. The third-order valence-electron chi connectivity index (χ3n) is 3.50. The van der Waals surface area contributed by atoms with Gasteiger partial charge in [0, 0.05) is 27.6 Å². The topological polar surface area (TPSA) is 51.0 Å². The molecule has 1 aromatic carbocycles. The van der Waals surface area contributed by atoms with Gasteiger partial charge in [0.25, 0.3) is 5.89 Å². The Balaban J connectivity index is 1.69. The summed E-state index contributed by atoms with van der Waals surface area (Å²) in [5.41, 5.74) is 3.51. The molecule has 0 radical (unpaired) electrons. The summed E-state index contributed by atoms with van der Waals surface area (Å²) >= 11 is 5.03. The highest BCUT2D eigenvalue weighted by molar-refractivity contribution is 9.10. The van der Waals surface area contributed by atoms with E-state index in [1.54, 1.807) is 11.3 Å². The summed E-state index contributed by atoms with van der Waals surface area (Å²) in [4.78, 5) is 5.50. The fourth-order valence-corrected chi connectivity index (χ4v) is 3.83. The van der Waals surface area contributed by atoms with Crippen molar-refractivity contribution in [3.05, 3.63) is 39.7 Å². The zero-order chi connectivity index (χ0) is 14.2. The number of aryl methyl sites for hydroxylation is 1. The zero-order valence-corrected chi connectivity index (χ0v) is 13.5. The normalized spacial score (nSPS) is 13.8. The standard InChI is InChI=1S/C15H12BrN3OS/c16-11-7-13(21-8-11)14-18-15(20-19-14)10-3-4-12-9(6-10)2-1-5-17-12/h3-4,6-8,17H,1-2,5H2. The van der Waals surface area contributed by atoms with Gasteiger partial charge in [0.2, 0.25) is 5.82 Å². The van der Waals surface area contributed by atoms with Crippen molar-refractivity contribution in [3.8, 4) is 22.2 Å². The van der Waals surface area contributed by atoms with Gasteiger partial charge < -0.3 is 9.84 Å². The predicted molar refractivity (Wildman–Crippen MR) is 87.6 cm³/mol. The lowest BCUT2D eigenvalue weighted by atomic mass is 10.0. The second kappa shape index (κ2) is 5.27. The molecule has 0 bridgehead atoms. The molecule has 0 saturated heterocycles. The van der Waals surface area contributed by atoms with Crippen LogP contribution in [-0.2, 0) is 6.42 Å². The molecule has 4 nitrogen and oxygen atoms in total. The van der Waals surface area contributed by atoms with E-state index in [0.717, 1.165) is 34.3 Å². The number of hydrogen-bond donors (Lipinski definition) is 1. The van der Waals surface area contributed by atoms with Crippen LogP contribution < -0.4 is 5.32 Å². The number of anilines is 1. The maximum Gasteiger partial charge on any atom is 0.258 e. The summed E-state index contributed by atoms with van der Waals surface area (Å²) in [5.74, 6) is 1.21. The molecule has 0 fully saturated rings. The minimum absolute atomic E-state index is 0.572. The monoisotopic (exact) mass is 361 g/mol. The molecule has 3 aromatic rings. The molecule has 4 rings (SSSR count). The van der Waals surface area contributed by atoms with Crippen LogP contribution >= 0.6 is 27.3 Å². The van der Waals surface area contributed by atoms with Gasteiger partial charge in [0.15, 0.2) is 0 Å². The average molecular weight is 362 g/mol. The van der Waals surface area contributed by atoms with E-state index in [4.69, 9.17) is 4.52 Å². The van der Waals surface area contributed by atoms with Crippen LogP contribution in [0.4, 0.5) is 5.69 Å². The van der Waals surface area contributed by atoms with Crippen LogP contribution in [0.25, 0.3) is 22.2 Å². The van der Waals surface area contributed by atoms with Gasteiger partial charge in [-0.1, -0.05) is 5.16 Å². The fourth-order valence-electron chi connectivity index (χ4n) is 2.48. The highest BCUT2D eigenvalue weighted by Crippen LogP contribution is 2.31. The summed E-state index contributed by atoms with van der Waals surface area (Å²) in [6.07, 6.45) is 2.25. The number of halogens is 1. The first kappa shape index (κ1) is 13.0. The first-order valence-corrected chi connectivity index (χ1v) is 8.42. The Kier molecular flexibility index (Phi) is 3.27. The molecule has 0 saturated carbocycles. The summed E-state index contributed by atoms with van der Waals surface area (Å²) in [6.45, 7) is 1.05. The highest BCUT2D eigenvalue weighted by Gasteiger charge is 2.15. The van der Waals surface area contributed by atoms with Crippen LogP contribution in [0.1, 0.15) is 12.0 Å². The Labute approximate surface area is 134 Å². The van der Waals surface area contributed by atoms with Gasteiger partial charge in [-0.3, -0.25) is 0 Å². The lowest BCUT2D eigenvalue weighted by Crippen LogP contribution is -2.11. The lowest BCUT2D eigenvalue weighted by Gasteiger charge is -2.17. The first-order valence-electron chi connectivity index (χ1n) is 6.75. The smallest absolute Gasteiger partial charge is 0.258 e. The van der Waals surface area contributed by atoms with E-state index in [2.05, 4.69) is 43.5 Å². The third-order valence-corrected chi connectivity index (χ3v) is 5.19. The van der Waals surface area contributed by atoms with Crippen LogP contribution in [-0.4, -0.2) is 16.7 Å². The Morgan fingerprint density at radius 3 is 3.10 bits per heavy atom. The third kappa shape index (κ3) is 2.49. The Morgan fingerprint density at radius 2 is 2.24 bits per heavy atom. The van der Waals surface area contributed by atoms with Gasteiger partial charge in [0.1, 0.15) is 0 Å². The number of fused-ring (bicyclic) bond motifs is 1. The number of nitrogens with one attached hydrogen (secondary N) is 1. The molecule has 0 amide bonds. The maximum absolute atomic E-state index is 5.42. The minimum Gasteiger partial charge on any atom is -0.385 e. The van der Waals surface area contributed by atoms with E-state index in [1.165, 1.54) is 11.3 Å². The van der Waals surface area contributed by atoms with Crippen molar-refractivity contribution < 1.29 is 4.52 Å². The van der Waals surface area contributed by atoms with Crippen molar-refractivity contribution in [2.75, 3.05) is 11.9 Å². The van der Waals surface area contributed by atoms with Crippen LogP contribution in [0, 0.1) is 0 Å². The number of benzene rings is 1. The highest BCUT2D eigenvalue weighted by atomic mass is 79.9. The van der Waals surface area contributed by atoms with Gasteiger partial charge >= 0.3 is 0 Å². The van der Waals surface area contributed by atoms with Gasteiger partial charge in [-0.15, -0.1) is 11.3 Å². The summed E-state index contributed by atoms with van der Waals surface area (Å²) < 4.78 is 6.45. The van der Waals surface area contributed by atoms with Gasteiger partial charge in [-0.05, 0) is 58.6 Å². The van der Waals surface area contributed by atoms with E-state index >= 15 is 0 Å². The van der Waals surface area contributed by atoms with Crippen molar-refractivity contribution in [2.45, 2.75) is 12.8 Å². The van der Waals surface area contributed by atoms with Crippen molar-refractivity contribution in [3.63, 3.8) is 0 Å². The molecule has 0 atom stereocenters. The van der Waals surface area contributed by atoms with Crippen molar-refractivity contribution >= 4 is 33.0 Å². The van der Waals surface area contributed by atoms with E-state index in [9.17, 15) is 0 Å². The van der Waals surface area contributed by atoms with Gasteiger partial charge in [0.05, 0.1) is 4.88 Å². The number of nitrogens with zero attached hydrogens (tertiary/aromatic N) is 2. The summed E-state index contributed by atoms with van der Waals surface area (Å²) in [5, 5.41) is 9.49. The second-order valence-electron chi connectivity index (χ2n) is 4.95. The number of hydrogen-bond acceptors (Lipinski definition) is 5. The van der Waals surface area contributed by atoms with Crippen molar-refractivity contribution in [2.24, 2.45) is 0 Å². The minimum atomic E-state index is 0.572. The quantitative estimate of drug-likeness (QED) is 0.725. The molecule has 0 unspecified atom stereocenters. The number of rotatable bonds is 2. The van der Waals surface area contributed by atoms with Crippen molar-refractivity contribution in [1.29, 1.82) is 0 Å². The first-order chi connectivity index (χ1) is 10.3. The Bertz CT molecular complexity index is 796. The number of thiophene rings is 1. The molecule has 21 heavy (non-hydrogen) atoms. The van der Waals surface area contributed by atoms with Crippen LogP contribution in [0.2, 0.25) is 0 Å². The molecular formula is C15H12BrN3OS. The van der Waals surface area contributed by atoms with Crippen LogP contribution in [0.5, 0.6) is 0 Å². The van der Waals surface area contributed by atoms with E-state index in [1.807, 2.05) is 17.5 Å². The van der Waals surface area contributed by atoms with Crippen LogP contribution in [0.15, 0.2) is 38.6 Å². The number of aromatic nitrogens is 2. The average Bonchev–Trinajstić information content (AvgIpc) is 3.15. The van der Waals surface area contributed by atoms with Crippen molar-refractivity contribution in [1.82, 2.24) is 10.1 Å². The predicted octanol–water partition coefficient (Wildman–Crippen LogP) is 4.59. The Morgan fingerprint density at radius 1 is 1.29 bits per heavy atom. The van der Waals surface area contributed by atoms with E-state index < -0.39 is 0 Å². The van der Waals surface area contributed by atoms with Gasteiger partial charge in [-0.25, -0.2) is 0 Å². The molecule has 0 spiro atoms. The molecule has 2 aromatic heterocycles. The summed E-state index contributed by atoms with van der Waals surface area (Å²) in [6, 6.07) is 8.26. The molecule has 1 aliphatic heterocycles. The molecule has 0 aliphatic carbocycles. The van der Waals surface area contributed by atoms with E-state index in [-0.39, 0.29) is 0 Å². The second-order valence-corrected chi connectivity index (χ2v) is 6.78. The summed E-state index contributed by atoms with van der Waals surface area (Å²) in [7, 11) is 0. The zero-order valence-electron chi connectivity index (χ0n) is 11.1. The Hall–Kier alpha value is -1.66. The molecule has 6 heteroatoms. The molecular weight excluding hydrogens is 350 g/mol. The molecule has 1 aliphatic rings. The molecule has 1 N–H and O–H groups in total.